The van der Waals surface area contributed by atoms with Crippen molar-refractivity contribution in [3.8, 4) is 0 Å². The second-order valence-electron chi connectivity index (χ2n) is 6.28. The Bertz CT molecular complexity index is 404. The van der Waals surface area contributed by atoms with Crippen LogP contribution in [0.4, 0.5) is 4.79 Å². The number of hydrogen-bond acceptors (Lipinski definition) is 6. The first-order valence-electron chi connectivity index (χ1n) is 7.69. The molecule has 2 aliphatic heterocycles. The molecule has 1 amide bonds. The van der Waals surface area contributed by atoms with E-state index < -0.39 is 23.8 Å². The van der Waals surface area contributed by atoms with Crippen molar-refractivity contribution in [2.24, 2.45) is 5.11 Å². The van der Waals surface area contributed by atoms with E-state index in [1.54, 1.807) is 20.8 Å². The van der Waals surface area contributed by atoms with Crippen molar-refractivity contribution in [3.05, 3.63) is 10.4 Å². The quantitative estimate of drug-likeness (QED) is 0.446. The normalized spacial score (nSPS) is 24.8. The van der Waals surface area contributed by atoms with Crippen LogP contribution in [0, 0.1) is 0 Å². The fraction of sp³-hybridized carbons (Fsp3) is 0.929. The predicted octanol–water partition coefficient (Wildman–Crippen LogP) is 1.70. The van der Waals surface area contributed by atoms with E-state index in [9.17, 15) is 9.90 Å². The molecule has 0 bridgehead atoms. The van der Waals surface area contributed by atoms with Crippen molar-refractivity contribution in [2.45, 2.75) is 44.9 Å². The van der Waals surface area contributed by atoms with E-state index in [-0.39, 0.29) is 6.54 Å². The van der Waals surface area contributed by atoms with Gasteiger partial charge in [-0.3, -0.25) is 0 Å². The summed E-state index contributed by atoms with van der Waals surface area (Å²) in [7, 11) is 0. The van der Waals surface area contributed by atoms with Crippen molar-refractivity contribution in [2.75, 3.05) is 39.5 Å². The molecule has 0 aromatic carbocycles. The summed E-state index contributed by atoms with van der Waals surface area (Å²) in [6.07, 6.45) is -0.740. The van der Waals surface area contributed by atoms with Gasteiger partial charge in [-0.15, -0.1) is 0 Å². The minimum absolute atomic E-state index is 0.195. The van der Waals surface area contributed by atoms with Crippen molar-refractivity contribution in [1.82, 2.24) is 4.90 Å². The number of piperidine rings is 1. The molecule has 0 saturated carbocycles. The SMILES string of the molecule is C1COCCO1.CC(C)(C)OC(=O)N1CCC(O)C(N=[N+]=[N-])C1. The molecular formula is C14H26N4O5. The average molecular weight is 330 g/mol. The van der Waals surface area contributed by atoms with Crippen LogP contribution in [-0.2, 0) is 14.2 Å². The molecule has 2 saturated heterocycles. The van der Waals surface area contributed by atoms with Gasteiger partial charge in [0.15, 0.2) is 0 Å². The topological polar surface area (TPSA) is 117 Å². The Morgan fingerprint density at radius 1 is 1.30 bits per heavy atom. The number of nitrogens with zero attached hydrogens (tertiary/aromatic N) is 4. The van der Waals surface area contributed by atoms with E-state index >= 15 is 0 Å². The highest BCUT2D eigenvalue weighted by Crippen LogP contribution is 2.17. The van der Waals surface area contributed by atoms with Gasteiger partial charge in [0.05, 0.1) is 38.6 Å². The highest BCUT2D eigenvalue weighted by atomic mass is 16.6. The zero-order valence-electron chi connectivity index (χ0n) is 14.0. The molecule has 2 aliphatic rings. The number of aliphatic hydroxyl groups excluding tert-OH is 1. The van der Waals surface area contributed by atoms with Crippen molar-refractivity contribution < 1.29 is 24.1 Å². The van der Waals surface area contributed by atoms with Crippen LogP contribution >= 0.6 is 0 Å². The van der Waals surface area contributed by atoms with E-state index in [1.807, 2.05) is 0 Å². The van der Waals surface area contributed by atoms with Gasteiger partial charge >= 0.3 is 6.09 Å². The molecule has 0 radical (unpaired) electrons. The van der Waals surface area contributed by atoms with Gasteiger partial charge in [0.2, 0.25) is 0 Å². The highest BCUT2D eigenvalue weighted by Gasteiger charge is 2.31. The number of rotatable bonds is 1. The standard InChI is InChI=1S/C10H18N4O3.C4H8O2/c1-10(2,3)17-9(16)14-5-4-8(15)7(6-14)12-13-11;1-2-6-4-3-5-1/h7-8,15H,4-6H2,1-3H3;1-4H2. The van der Waals surface area contributed by atoms with Crippen LogP contribution in [0.15, 0.2) is 5.11 Å². The second-order valence-corrected chi connectivity index (χ2v) is 6.28. The van der Waals surface area contributed by atoms with Gasteiger partial charge in [-0.05, 0) is 32.7 Å². The molecule has 9 heteroatoms. The second kappa shape index (κ2) is 9.57. The van der Waals surface area contributed by atoms with Crippen LogP contribution in [0.5, 0.6) is 0 Å². The van der Waals surface area contributed by atoms with Crippen LogP contribution in [0.3, 0.4) is 0 Å². The van der Waals surface area contributed by atoms with Gasteiger partial charge in [0.1, 0.15) is 5.60 Å². The summed E-state index contributed by atoms with van der Waals surface area (Å²) in [5.74, 6) is 0. The van der Waals surface area contributed by atoms with Crippen LogP contribution in [0.1, 0.15) is 27.2 Å². The average Bonchev–Trinajstić information content (AvgIpc) is 2.50. The van der Waals surface area contributed by atoms with Crippen LogP contribution < -0.4 is 0 Å². The van der Waals surface area contributed by atoms with Gasteiger partial charge in [-0.2, -0.15) is 0 Å². The molecule has 1 N–H and O–H groups in total. The number of carbonyl (C=O) groups is 1. The molecule has 2 atom stereocenters. The number of ether oxygens (including phenoxy) is 3. The fourth-order valence-corrected chi connectivity index (χ4v) is 2.03. The summed E-state index contributed by atoms with van der Waals surface area (Å²) in [5, 5.41) is 13.1. The van der Waals surface area contributed by atoms with Gasteiger partial charge in [0, 0.05) is 18.0 Å². The maximum absolute atomic E-state index is 11.8. The Morgan fingerprint density at radius 3 is 2.30 bits per heavy atom. The Labute approximate surface area is 136 Å². The highest BCUT2D eigenvalue weighted by molar-refractivity contribution is 5.68. The minimum atomic E-state index is -0.690. The number of carbonyl (C=O) groups excluding carboxylic acids is 1. The summed E-state index contributed by atoms with van der Waals surface area (Å²) in [4.78, 5) is 15.9. The molecule has 0 aliphatic carbocycles. The van der Waals surface area contributed by atoms with Crippen LogP contribution in [0.25, 0.3) is 10.4 Å². The van der Waals surface area contributed by atoms with Gasteiger partial charge in [-0.1, -0.05) is 5.11 Å². The molecule has 2 unspecified atom stereocenters. The smallest absolute Gasteiger partial charge is 0.410 e. The lowest BCUT2D eigenvalue weighted by Crippen LogP contribution is -2.49. The molecular weight excluding hydrogens is 304 g/mol. The lowest BCUT2D eigenvalue weighted by atomic mass is 10.0. The van der Waals surface area contributed by atoms with E-state index in [4.69, 9.17) is 19.7 Å². The number of hydrogen-bond donors (Lipinski definition) is 1. The summed E-state index contributed by atoms with van der Waals surface area (Å²) < 4.78 is 15.1. The summed E-state index contributed by atoms with van der Waals surface area (Å²) in [5.41, 5.74) is 7.81. The van der Waals surface area contributed by atoms with Crippen LogP contribution in [0.2, 0.25) is 0 Å². The molecule has 9 nitrogen and oxygen atoms in total. The first kappa shape index (κ1) is 19.5. The maximum atomic E-state index is 11.8. The molecule has 2 fully saturated rings. The first-order chi connectivity index (χ1) is 10.8. The minimum Gasteiger partial charge on any atom is -0.444 e. The molecule has 0 aromatic rings. The number of aliphatic hydroxyl groups is 1. The van der Waals surface area contributed by atoms with Crippen molar-refractivity contribution in [3.63, 3.8) is 0 Å². The zero-order valence-corrected chi connectivity index (χ0v) is 14.0. The van der Waals surface area contributed by atoms with E-state index in [0.717, 1.165) is 26.4 Å². The molecule has 2 rings (SSSR count). The van der Waals surface area contributed by atoms with E-state index in [1.165, 1.54) is 4.90 Å². The first-order valence-corrected chi connectivity index (χ1v) is 7.69. The summed E-state index contributed by atoms with van der Waals surface area (Å²) in [6.45, 7) is 9.07. The van der Waals surface area contributed by atoms with Crippen molar-refractivity contribution in [1.29, 1.82) is 0 Å². The fourth-order valence-electron chi connectivity index (χ4n) is 2.03. The van der Waals surface area contributed by atoms with Gasteiger partial charge in [0.25, 0.3) is 0 Å². The van der Waals surface area contributed by atoms with Crippen molar-refractivity contribution >= 4 is 6.09 Å². The number of likely N-dealkylation sites (tertiary alicyclic amines) is 1. The zero-order chi connectivity index (χ0) is 17.3. The third-order valence-corrected chi connectivity index (χ3v) is 3.14. The molecule has 2 heterocycles. The lowest BCUT2D eigenvalue weighted by molar-refractivity contribution is -0.0334. The summed E-state index contributed by atoms with van der Waals surface area (Å²) in [6, 6.07) is -0.596. The van der Waals surface area contributed by atoms with E-state index in [2.05, 4.69) is 10.0 Å². The monoisotopic (exact) mass is 330 g/mol. The van der Waals surface area contributed by atoms with Gasteiger partial charge < -0.3 is 24.2 Å². The van der Waals surface area contributed by atoms with E-state index in [0.29, 0.717) is 13.0 Å². The Morgan fingerprint density at radius 2 is 1.87 bits per heavy atom. The maximum Gasteiger partial charge on any atom is 0.410 e. The lowest BCUT2D eigenvalue weighted by Gasteiger charge is -2.34. The molecule has 23 heavy (non-hydrogen) atoms. The third kappa shape index (κ3) is 8.03. The predicted molar refractivity (Wildman–Crippen MR) is 83.0 cm³/mol. The molecule has 0 spiro atoms. The molecule has 132 valence electrons. The Kier molecular flexibility index (Phi) is 8.11. The van der Waals surface area contributed by atoms with Crippen LogP contribution in [-0.4, -0.2) is 73.4 Å². The molecule has 0 aromatic heterocycles. The van der Waals surface area contributed by atoms with Gasteiger partial charge in [-0.25, -0.2) is 4.79 Å². The Hall–Kier alpha value is -1.54. The summed E-state index contributed by atoms with van der Waals surface area (Å²) >= 11 is 0. The number of amides is 1. The number of azide groups is 1. The Balaban J connectivity index is 0.000000366. The largest absolute Gasteiger partial charge is 0.444 e. The third-order valence-electron chi connectivity index (χ3n) is 3.14.